The predicted octanol–water partition coefficient (Wildman–Crippen LogP) is 3.75. The first-order valence-electron chi connectivity index (χ1n) is 10.7. The van der Waals surface area contributed by atoms with Gasteiger partial charge in [-0.15, -0.1) is 0 Å². The van der Waals surface area contributed by atoms with Crippen LogP contribution in [0.15, 0.2) is 62.5 Å². The maximum Gasteiger partial charge on any atom is 0.332 e. The summed E-state index contributed by atoms with van der Waals surface area (Å²) >= 11 is 0. The molecular formula is C24H25N3O5. The molecule has 0 radical (unpaired) electrons. The van der Waals surface area contributed by atoms with Gasteiger partial charge in [0.25, 0.3) is 5.56 Å². The Bertz CT molecular complexity index is 1380. The smallest absolute Gasteiger partial charge is 0.332 e. The monoisotopic (exact) mass is 435 g/mol. The lowest BCUT2D eigenvalue weighted by molar-refractivity contribution is -0.116. The van der Waals surface area contributed by atoms with Crippen LogP contribution in [0.5, 0.6) is 5.75 Å². The van der Waals surface area contributed by atoms with E-state index in [9.17, 15) is 14.4 Å². The topological polar surface area (TPSA) is 95.5 Å². The first-order chi connectivity index (χ1) is 15.5. The Morgan fingerprint density at radius 2 is 1.78 bits per heavy atom. The van der Waals surface area contributed by atoms with Gasteiger partial charge in [0.05, 0.1) is 6.61 Å². The Morgan fingerprint density at radius 1 is 1.03 bits per heavy atom. The van der Waals surface area contributed by atoms with Gasteiger partial charge in [-0.3, -0.25) is 18.7 Å². The first kappa shape index (κ1) is 21.4. The number of amides is 1. The van der Waals surface area contributed by atoms with Gasteiger partial charge in [-0.25, -0.2) is 4.79 Å². The summed E-state index contributed by atoms with van der Waals surface area (Å²) < 4.78 is 13.7. The van der Waals surface area contributed by atoms with E-state index in [1.165, 1.54) is 4.57 Å². The van der Waals surface area contributed by atoms with Gasteiger partial charge in [0.2, 0.25) is 11.5 Å². The van der Waals surface area contributed by atoms with E-state index >= 15 is 0 Å². The molecule has 32 heavy (non-hydrogen) atoms. The number of aromatic nitrogens is 2. The van der Waals surface area contributed by atoms with Crippen molar-refractivity contribution in [3.05, 3.63) is 69.4 Å². The molecule has 0 saturated heterocycles. The molecule has 0 aliphatic carbocycles. The number of fused-ring (bicyclic) bond motifs is 3. The fourth-order valence-electron chi connectivity index (χ4n) is 3.70. The molecular weight excluding hydrogens is 410 g/mol. The molecule has 0 aliphatic heterocycles. The van der Waals surface area contributed by atoms with Crippen LogP contribution >= 0.6 is 0 Å². The number of rotatable bonds is 8. The summed E-state index contributed by atoms with van der Waals surface area (Å²) in [5.41, 5.74) is 0.496. The molecule has 4 rings (SSSR count). The molecule has 166 valence electrons. The number of carbonyl (C=O) groups excluding carboxylic acids is 1. The molecule has 0 unspecified atom stereocenters. The second-order valence-electron chi connectivity index (χ2n) is 7.46. The van der Waals surface area contributed by atoms with E-state index in [4.69, 9.17) is 9.15 Å². The van der Waals surface area contributed by atoms with E-state index in [-0.39, 0.29) is 24.6 Å². The third-order valence-electron chi connectivity index (χ3n) is 5.23. The molecule has 2 aromatic carbocycles. The number of ether oxygens (including phenoxy) is 1. The van der Waals surface area contributed by atoms with E-state index < -0.39 is 11.2 Å². The van der Waals surface area contributed by atoms with Gasteiger partial charge in [-0.2, -0.15) is 0 Å². The number of unbranched alkanes of at least 4 members (excludes halogenated alkanes) is 1. The molecule has 4 aromatic rings. The highest BCUT2D eigenvalue weighted by Crippen LogP contribution is 2.25. The van der Waals surface area contributed by atoms with E-state index in [1.807, 2.05) is 13.8 Å². The fourth-order valence-corrected chi connectivity index (χ4v) is 3.70. The lowest BCUT2D eigenvalue weighted by Gasteiger charge is -2.12. The third kappa shape index (κ3) is 4.03. The molecule has 0 atom stereocenters. The van der Waals surface area contributed by atoms with E-state index in [0.717, 1.165) is 11.0 Å². The lowest BCUT2D eigenvalue weighted by Crippen LogP contribution is -2.41. The predicted molar refractivity (Wildman–Crippen MR) is 123 cm³/mol. The van der Waals surface area contributed by atoms with Crippen LogP contribution in [0, 0.1) is 0 Å². The van der Waals surface area contributed by atoms with Crippen molar-refractivity contribution in [1.82, 2.24) is 9.13 Å². The van der Waals surface area contributed by atoms with Crippen molar-refractivity contribution in [3.8, 4) is 5.75 Å². The highest BCUT2D eigenvalue weighted by molar-refractivity contribution is 6.03. The Balaban J connectivity index is 1.75. The molecule has 8 nitrogen and oxygen atoms in total. The number of nitrogens with one attached hydrogen (secondary N) is 1. The minimum atomic E-state index is -0.524. The number of benzene rings is 2. The van der Waals surface area contributed by atoms with Crippen molar-refractivity contribution in [2.24, 2.45) is 0 Å². The number of nitrogens with zero attached hydrogens (tertiary/aromatic N) is 2. The van der Waals surface area contributed by atoms with Crippen LogP contribution in [0.2, 0.25) is 0 Å². The average molecular weight is 435 g/mol. The van der Waals surface area contributed by atoms with E-state index in [0.29, 0.717) is 41.0 Å². The van der Waals surface area contributed by atoms with Crippen molar-refractivity contribution in [2.75, 3.05) is 11.9 Å². The summed E-state index contributed by atoms with van der Waals surface area (Å²) in [6, 6.07) is 14.1. The maximum absolute atomic E-state index is 13.2. The zero-order valence-electron chi connectivity index (χ0n) is 18.1. The number of hydrogen-bond donors (Lipinski definition) is 1. The Labute approximate surface area is 184 Å². The quantitative estimate of drug-likeness (QED) is 0.455. The molecule has 0 saturated carbocycles. The molecule has 0 aliphatic rings. The van der Waals surface area contributed by atoms with Crippen LogP contribution in [0.4, 0.5) is 5.69 Å². The van der Waals surface area contributed by atoms with Gasteiger partial charge >= 0.3 is 5.69 Å². The normalized spacial score (nSPS) is 11.2. The van der Waals surface area contributed by atoms with Gasteiger partial charge in [-0.05, 0) is 49.7 Å². The molecule has 1 N–H and O–H groups in total. The maximum atomic E-state index is 13.2. The zero-order chi connectivity index (χ0) is 22.7. The van der Waals surface area contributed by atoms with Crippen LogP contribution in [-0.4, -0.2) is 21.6 Å². The summed E-state index contributed by atoms with van der Waals surface area (Å²) in [7, 11) is 0. The zero-order valence-corrected chi connectivity index (χ0v) is 18.1. The number of furan rings is 1. The molecule has 1 amide bonds. The minimum absolute atomic E-state index is 0.0794. The molecule has 2 aromatic heterocycles. The number of hydrogen-bond acceptors (Lipinski definition) is 5. The van der Waals surface area contributed by atoms with Crippen LogP contribution in [0.3, 0.4) is 0 Å². The standard InChI is InChI=1S/C24H25N3O5/c1-3-5-14-26-23(29)22-21(18-8-6-7-9-19(18)32-22)27(24(26)30)15-20(28)25-16-10-12-17(13-11-16)31-4-2/h6-13H,3-5,14-15H2,1-2H3,(H,25,28). The van der Waals surface area contributed by atoms with Crippen LogP contribution in [0.1, 0.15) is 26.7 Å². The average Bonchev–Trinajstić information content (AvgIpc) is 3.18. The van der Waals surface area contributed by atoms with Crippen molar-refractivity contribution in [2.45, 2.75) is 39.8 Å². The van der Waals surface area contributed by atoms with Gasteiger partial charge < -0.3 is 14.5 Å². The molecule has 2 heterocycles. The van der Waals surface area contributed by atoms with Crippen molar-refractivity contribution >= 4 is 33.7 Å². The SMILES string of the molecule is CCCCn1c(=O)c2oc3ccccc3c2n(CC(=O)Nc2ccc(OCC)cc2)c1=O. The molecule has 0 bridgehead atoms. The van der Waals surface area contributed by atoms with Crippen molar-refractivity contribution in [1.29, 1.82) is 0 Å². The fraction of sp³-hybridized carbons (Fsp3) is 0.292. The Hall–Kier alpha value is -3.81. The number of para-hydroxylation sites is 1. The van der Waals surface area contributed by atoms with Gasteiger partial charge in [0, 0.05) is 17.6 Å². The Kier molecular flexibility index (Phi) is 6.11. The second kappa shape index (κ2) is 9.13. The summed E-state index contributed by atoms with van der Waals surface area (Å²) in [5, 5.41) is 3.42. The van der Waals surface area contributed by atoms with E-state index in [2.05, 4.69) is 5.32 Å². The van der Waals surface area contributed by atoms with Crippen LogP contribution in [0.25, 0.3) is 22.1 Å². The van der Waals surface area contributed by atoms with Gasteiger partial charge in [0.15, 0.2) is 0 Å². The molecule has 0 spiro atoms. The van der Waals surface area contributed by atoms with Gasteiger partial charge in [-0.1, -0.05) is 25.5 Å². The summed E-state index contributed by atoms with van der Waals surface area (Å²) in [6.45, 7) is 4.44. The number of carbonyl (C=O) groups is 1. The lowest BCUT2D eigenvalue weighted by atomic mass is 10.2. The Morgan fingerprint density at radius 3 is 2.50 bits per heavy atom. The van der Waals surface area contributed by atoms with Crippen molar-refractivity contribution in [3.63, 3.8) is 0 Å². The minimum Gasteiger partial charge on any atom is -0.494 e. The highest BCUT2D eigenvalue weighted by atomic mass is 16.5. The van der Waals surface area contributed by atoms with Crippen LogP contribution in [-0.2, 0) is 17.9 Å². The van der Waals surface area contributed by atoms with Gasteiger partial charge in [0.1, 0.15) is 23.4 Å². The third-order valence-corrected chi connectivity index (χ3v) is 5.23. The molecule has 0 fully saturated rings. The first-order valence-corrected chi connectivity index (χ1v) is 10.7. The second-order valence-corrected chi connectivity index (χ2v) is 7.46. The summed E-state index contributed by atoms with van der Waals surface area (Å²) in [5.74, 6) is 0.319. The van der Waals surface area contributed by atoms with Crippen LogP contribution < -0.4 is 21.3 Å². The summed E-state index contributed by atoms with van der Waals surface area (Å²) in [6.07, 6.45) is 1.49. The van der Waals surface area contributed by atoms with E-state index in [1.54, 1.807) is 48.5 Å². The summed E-state index contributed by atoms with van der Waals surface area (Å²) in [4.78, 5) is 39.1. The number of anilines is 1. The largest absolute Gasteiger partial charge is 0.494 e. The molecule has 8 heteroatoms. The van der Waals surface area contributed by atoms with Crippen molar-refractivity contribution < 1.29 is 13.9 Å². The highest BCUT2D eigenvalue weighted by Gasteiger charge is 2.21.